The highest BCUT2D eigenvalue weighted by Gasteiger charge is 2.33. The molecule has 0 radical (unpaired) electrons. The summed E-state index contributed by atoms with van der Waals surface area (Å²) < 4.78 is 39.0. The van der Waals surface area contributed by atoms with E-state index in [0.29, 0.717) is 0 Å². The normalized spacial score (nSPS) is 15.9. The zero-order chi connectivity index (χ0) is 24.5. The summed E-state index contributed by atoms with van der Waals surface area (Å²) in [6, 6.07) is 1.56. The van der Waals surface area contributed by atoms with Crippen LogP contribution in [0, 0.1) is 5.92 Å². The third-order valence-corrected chi connectivity index (χ3v) is 6.22. The summed E-state index contributed by atoms with van der Waals surface area (Å²) in [5.74, 6) is -5.39. The summed E-state index contributed by atoms with van der Waals surface area (Å²) >= 11 is 5.82. The minimum absolute atomic E-state index is 0.0127. The molecule has 1 unspecified atom stereocenters. The number of halogens is 1. The number of carboxylic acids is 1. The van der Waals surface area contributed by atoms with Gasteiger partial charge in [0.25, 0.3) is 5.91 Å². The van der Waals surface area contributed by atoms with Gasteiger partial charge in [-0.3, -0.25) is 14.4 Å². The van der Waals surface area contributed by atoms with E-state index in [4.69, 9.17) is 21.1 Å². The number of carbonyl (C=O) groups is 3. The van der Waals surface area contributed by atoms with Crippen molar-refractivity contribution >= 4 is 50.5 Å². The Morgan fingerprint density at radius 2 is 1.88 bits per heavy atom. The third-order valence-electron chi connectivity index (χ3n) is 5.18. The monoisotopic (exact) mass is 501 g/mol. The van der Waals surface area contributed by atoms with Crippen LogP contribution < -0.4 is 10.9 Å². The van der Waals surface area contributed by atoms with Gasteiger partial charge in [-0.25, -0.2) is 13.2 Å². The van der Waals surface area contributed by atoms with Crippen molar-refractivity contribution in [3.8, 4) is 5.75 Å². The topological polar surface area (TPSA) is 194 Å². The van der Waals surface area contributed by atoms with Crippen molar-refractivity contribution < 1.29 is 42.0 Å². The van der Waals surface area contributed by atoms with Gasteiger partial charge in [0.15, 0.2) is 0 Å². The maximum atomic E-state index is 12.8. The molecule has 2 aromatic rings. The molecule has 1 aromatic carbocycles. The molecule has 12 nitrogen and oxygen atoms in total. The molecular weight excluding hydrogens is 484 g/mol. The Balaban J connectivity index is 1.86. The van der Waals surface area contributed by atoms with Crippen LogP contribution in [0.15, 0.2) is 27.4 Å². The van der Waals surface area contributed by atoms with Gasteiger partial charge in [0.1, 0.15) is 22.9 Å². The number of hydrogen-bond donors (Lipinski definition) is 3. The second kappa shape index (κ2) is 9.37. The first-order valence-corrected chi connectivity index (χ1v) is 11.5. The summed E-state index contributed by atoms with van der Waals surface area (Å²) in [4.78, 5) is 50.0. The van der Waals surface area contributed by atoms with Crippen molar-refractivity contribution in [3.63, 3.8) is 0 Å². The molecule has 1 atom stereocenters. The molecule has 14 heteroatoms. The van der Waals surface area contributed by atoms with E-state index in [0.717, 1.165) is 17.0 Å². The van der Waals surface area contributed by atoms with E-state index < -0.39 is 56.8 Å². The lowest BCUT2D eigenvalue weighted by molar-refractivity contribution is -0.146. The summed E-state index contributed by atoms with van der Waals surface area (Å²) in [5.41, 5.74) is -1.80. The highest BCUT2D eigenvalue weighted by molar-refractivity contribution is 7.85. The van der Waals surface area contributed by atoms with Crippen LogP contribution in [-0.4, -0.2) is 70.8 Å². The van der Waals surface area contributed by atoms with Gasteiger partial charge in [0.05, 0.1) is 26.8 Å². The number of aromatic hydroxyl groups is 1. The maximum absolute atomic E-state index is 12.8. The zero-order valence-corrected chi connectivity index (χ0v) is 18.4. The van der Waals surface area contributed by atoms with Gasteiger partial charge in [-0.2, -0.15) is 0 Å². The van der Waals surface area contributed by atoms with E-state index in [2.05, 4.69) is 5.32 Å². The molecule has 1 aliphatic rings. The molecule has 1 fully saturated rings. The first-order chi connectivity index (χ1) is 15.4. The molecular formula is C19H18ClN2O10S-. The number of hydrogen-bond acceptors (Lipinski definition) is 9. The molecule has 33 heavy (non-hydrogen) atoms. The van der Waals surface area contributed by atoms with Crippen molar-refractivity contribution in [3.05, 3.63) is 39.2 Å². The van der Waals surface area contributed by atoms with Crippen LogP contribution in [0.5, 0.6) is 5.75 Å². The quantitative estimate of drug-likeness (QED) is 0.361. The van der Waals surface area contributed by atoms with E-state index in [1.165, 1.54) is 6.07 Å². The number of nitrogens with zero attached hydrogens (tertiary/aromatic N) is 1. The Hall–Kier alpha value is -3.16. The standard InChI is InChI=1S/C19H19ClN2O10S/c20-12-6-10-5-11(19(28)32-15(10)7-14(12)23)16(24)21-13(8-33(29,30)31)17(25)22-3-1-9(2-4-22)18(26)27/h5-7,9,13,23H,1-4,8H2,(H,21,24)(H,26,27)(H,29,30,31)/p-1. The number of nitrogens with one attached hydrogen (secondary N) is 1. The van der Waals surface area contributed by atoms with Crippen molar-refractivity contribution in [2.75, 3.05) is 18.8 Å². The SMILES string of the molecule is O=C(NC(CS(=O)(=O)[O-])C(=O)N1CCC(C(=O)O)CC1)c1cc2cc(Cl)c(O)cc2oc1=O. The number of aliphatic carboxylic acids is 1. The van der Waals surface area contributed by atoms with Gasteiger partial charge in [-0.1, -0.05) is 11.6 Å². The summed E-state index contributed by atoms with van der Waals surface area (Å²) in [7, 11) is -4.97. The first-order valence-electron chi connectivity index (χ1n) is 9.58. The number of phenols is 1. The Kier molecular flexibility index (Phi) is 6.95. The van der Waals surface area contributed by atoms with Gasteiger partial charge < -0.3 is 29.4 Å². The molecule has 2 heterocycles. The fourth-order valence-corrected chi connectivity index (χ4v) is 4.28. The average molecular weight is 502 g/mol. The van der Waals surface area contributed by atoms with Gasteiger partial charge in [-0.15, -0.1) is 0 Å². The zero-order valence-electron chi connectivity index (χ0n) is 16.8. The summed E-state index contributed by atoms with van der Waals surface area (Å²) in [6.45, 7) is -0.0254. The van der Waals surface area contributed by atoms with Crippen LogP contribution in [0.25, 0.3) is 11.0 Å². The summed E-state index contributed by atoms with van der Waals surface area (Å²) in [5, 5.41) is 20.8. The molecule has 3 rings (SSSR count). The lowest BCUT2D eigenvalue weighted by atomic mass is 9.97. The highest BCUT2D eigenvalue weighted by atomic mass is 35.5. The van der Waals surface area contributed by atoms with Crippen LogP contribution in [0.4, 0.5) is 0 Å². The maximum Gasteiger partial charge on any atom is 0.349 e. The number of piperidine rings is 1. The second-order valence-electron chi connectivity index (χ2n) is 7.48. The van der Waals surface area contributed by atoms with Gasteiger partial charge in [0, 0.05) is 24.5 Å². The van der Waals surface area contributed by atoms with E-state index in [9.17, 15) is 37.3 Å². The first kappa shape index (κ1) is 24.5. The molecule has 1 aromatic heterocycles. The number of fused-ring (bicyclic) bond motifs is 1. The van der Waals surface area contributed by atoms with Crippen molar-refractivity contribution in [1.82, 2.24) is 10.2 Å². The Morgan fingerprint density at radius 3 is 2.45 bits per heavy atom. The van der Waals surface area contributed by atoms with Crippen molar-refractivity contribution in [1.29, 1.82) is 0 Å². The smallest absolute Gasteiger partial charge is 0.349 e. The summed E-state index contributed by atoms with van der Waals surface area (Å²) in [6.07, 6.45) is 0.238. The predicted octanol–water partition coefficient (Wildman–Crippen LogP) is 0.119. The van der Waals surface area contributed by atoms with Crippen molar-refractivity contribution in [2.24, 2.45) is 5.92 Å². The molecule has 1 aliphatic heterocycles. The fourth-order valence-electron chi connectivity index (χ4n) is 3.47. The molecule has 178 valence electrons. The lowest BCUT2D eigenvalue weighted by Gasteiger charge is -2.33. The Labute approximate surface area is 191 Å². The largest absolute Gasteiger partial charge is 0.748 e. The number of phenolic OH excluding ortho intramolecular Hbond substituents is 1. The molecule has 3 N–H and O–H groups in total. The van der Waals surface area contributed by atoms with Crippen LogP contribution in [0.1, 0.15) is 23.2 Å². The van der Waals surface area contributed by atoms with Crippen molar-refractivity contribution in [2.45, 2.75) is 18.9 Å². The van der Waals surface area contributed by atoms with Gasteiger partial charge >= 0.3 is 11.6 Å². The molecule has 1 saturated heterocycles. The number of rotatable bonds is 6. The van der Waals surface area contributed by atoms with E-state index in [-0.39, 0.29) is 47.7 Å². The van der Waals surface area contributed by atoms with Crippen LogP contribution in [0.2, 0.25) is 5.02 Å². The lowest BCUT2D eigenvalue weighted by Crippen LogP contribution is -2.54. The Morgan fingerprint density at radius 1 is 1.24 bits per heavy atom. The van der Waals surface area contributed by atoms with E-state index in [1.54, 1.807) is 0 Å². The second-order valence-corrected chi connectivity index (χ2v) is 9.33. The number of amides is 2. The highest BCUT2D eigenvalue weighted by Crippen LogP contribution is 2.28. The molecule has 0 spiro atoms. The molecule has 0 saturated carbocycles. The Bertz CT molecular complexity index is 1280. The fraction of sp³-hybridized carbons (Fsp3) is 0.368. The third kappa shape index (κ3) is 5.80. The van der Waals surface area contributed by atoms with Crippen LogP contribution >= 0.6 is 11.6 Å². The minimum atomic E-state index is -4.97. The minimum Gasteiger partial charge on any atom is -0.748 e. The molecule has 2 amide bonds. The van der Waals surface area contributed by atoms with Crippen LogP contribution in [0.3, 0.4) is 0 Å². The van der Waals surface area contributed by atoms with Gasteiger partial charge in [0.2, 0.25) is 5.91 Å². The number of carboxylic acid groups (broad SMARTS) is 1. The van der Waals surface area contributed by atoms with Crippen LogP contribution in [-0.2, 0) is 19.7 Å². The van der Waals surface area contributed by atoms with E-state index >= 15 is 0 Å². The van der Waals surface area contributed by atoms with Gasteiger partial charge in [-0.05, 0) is 25.0 Å². The predicted molar refractivity (Wildman–Crippen MR) is 112 cm³/mol. The molecule has 0 aliphatic carbocycles. The molecule has 0 bridgehead atoms. The number of carbonyl (C=O) groups excluding carboxylic acids is 2. The average Bonchev–Trinajstić information content (AvgIpc) is 2.72. The number of likely N-dealkylation sites (tertiary alicyclic amines) is 1. The van der Waals surface area contributed by atoms with E-state index in [1.807, 2.05) is 0 Å². The number of benzene rings is 1.